The summed E-state index contributed by atoms with van der Waals surface area (Å²) in [6.07, 6.45) is 0.0998. The van der Waals surface area contributed by atoms with Crippen molar-refractivity contribution in [1.82, 2.24) is 4.31 Å². The number of piperidine rings is 1. The predicted octanol–water partition coefficient (Wildman–Crippen LogP) is 0.726. The van der Waals surface area contributed by atoms with Crippen LogP contribution in [0.25, 0.3) is 0 Å². The van der Waals surface area contributed by atoms with Crippen LogP contribution in [0, 0.1) is 5.41 Å². The van der Waals surface area contributed by atoms with E-state index in [4.69, 9.17) is 5.11 Å². The minimum atomic E-state index is -4.57. The van der Waals surface area contributed by atoms with Gasteiger partial charge in [0.25, 0.3) is 10.0 Å². The molecule has 0 aromatic rings. The quantitative estimate of drug-likeness (QED) is 0.808. The van der Waals surface area contributed by atoms with Gasteiger partial charge in [-0.2, -0.15) is 13.1 Å². The van der Waals surface area contributed by atoms with Crippen LogP contribution in [0.15, 0.2) is 0 Å². The first-order valence-corrected chi connectivity index (χ1v) is 6.21. The molecule has 1 N–H and O–H groups in total. The Balaban J connectivity index is 2.73. The van der Waals surface area contributed by atoms with Crippen LogP contribution in [0.3, 0.4) is 0 Å². The van der Waals surface area contributed by atoms with Crippen LogP contribution in [0.5, 0.6) is 0 Å². The largest absolute Gasteiger partial charge is 0.481 e. The number of carboxylic acid groups (broad SMARTS) is 1. The average molecular weight is 257 g/mol. The maximum absolute atomic E-state index is 12.2. The Morgan fingerprint density at radius 3 is 2.12 bits per heavy atom. The Morgan fingerprint density at radius 2 is 1.81 bits per heavy atom. The van der Waals surface area contributed by atoms with Crippen LogP contribution in [-0.2, 0) is 14.8 Å². The molecule has 1 saturated heterocycles. The fourth-order valence-corrected chi connectivity index (χ4v) is 2.48. The topological polar surface area (TPSA) is 74.7 Å². The Bertz CT molecular complexity index is 373. The second kappa shape index (κ2) is 4.25. The minimum Gasteiger partial charge on any atom is -0.481 e. The predicted molar refractivity (Wildman–Crippen MR) is 51.5 cm³/mol. The Morgan fingerprint density at radius 1 is 1.38 bits per heavy atom. The van der Waals surface area contributed by atoms with E-state index in [-0.39, 0.29) is 25.9 Å². The van der Waals surface area contributed by atoms with E-state index in [0.29, 0.717) is 4.31 Å². The molecule has 0 amide bonds. The molecule has 1 heterocycles. The summed E-state index contributed by atoms with van der Waals surface area (Å²) in [7, 11) is -4.57. The van der Waals surface area contributed by atoms with Crippen molar-refractivity contribution in [2.75, 3.05) is 13.1 Å². The summed E-state index contributed by atoms with van der Waals surface area (Å²) in [6.45, 7) is 1.15. The summed E-state index contributed by atoms with van der Waals surface area (Å²) in [5.41, 5.74) is -1.02. The molecule has 0 bridgehead atoms. The van der Waals surface area contributed by atoms with Gasteiger partial charge in [-0.25, -0.2) is 8.42 Å². The molecule has 1 aliphatic heterocycles. The lowest BCUT2D eigenvalue weighted by Crippen LogP contribution is -2.46. The van der Waals surface area contributed by atoms with Gasteiger partial charge in [0.05, 0.1) is 5.41 Å². The molecular weight excluding hydrogens is 244 g/mol. The molecule has 0 radical (unpaired) electrons. The third-order valence-corrected chi connectivity index (χ3v) is 4.46. The lowest BCUT2D eigenvalue weighted by molar-refractivity contribution is -0.150. The Labute approximate surface area is 92.1 Å². The molecule has 1 fully saturated rings. The number of hydrogen-bond donors (Lipinski definition) is 1. The number of carboxylic acids is 1. The van der Waals surface area contributed by atoms with E-state index in [1.165, 1.54) is 6.92 Å². The number of sulfonamides is 1. The van der Waals surface area contributed by atoms with Crippen molar-refractivity contribution in [2.24, 2.45) is 5.41 Å². The van der Waals surface area contributed by atoms with Crippen molar-refractivity contribution in [2.45, 2.75) is 25.5 Å². The highest BCUT2D eigenvalue weighted by molar-refractivity contribution is 7.89. The number of nitrogens with zero attached hydrogens (tertiary/aromatic N) is 1. The van der Waals surface area contributed by atoms with E-state index in [1.807, 2.05) is 0 Å². The fraction of sp³-hybridized carbons (Fsp3) is 0.875. The molecule has 0 spiro atoms. The summed E-state index contributed by atoms with van der Waals surface area (Å²) >= 11 is 0. The highest BCUT2D eigenvalue weighted by Crippen LogP contribution is 2.32. The van der Waals surface area contributed by atoms with Crippen molar-refractivity contribution >= 4 is 16.0 Å². The van der Waals surface area contributed by atoms with Crippen molar-refractivity contribution in [3.05, 3.63) is 0 Å². The molecule has 8 heteroatoms. The Hall–Kier alpha value is -0.760. The molecule has 0 unspecified atom stereocenters. The minimum absolute atomic E-state index is 0.0499. The number of carbonyl (C=O) groups is 1. The molecule has 16 heavy (non-hydrogen) atoms. The number of halogens is 2. The number of hydrogen-bond acceptors (Lipinski definition) is 3. The zero-order chi connectivity index (χ0) is 12.6. The second-order valence-corrected chi connectivity index (χ2v) is 5.97. The number of alkyl halides is 2. The van der Waals surface area contributed by atoms with E-state index in [9.17, 15) is 22.0 Å². The van der Waals surface area contributed by atoms with Gasteiger partial charge in [0.1, 0.15) is 0 Å². The van der Waals surface area contributed by atoms with Crippen LogP contribution in [-0.4, -0.2) is 42.6 Å². The smallest absolute Gasteiger partial charge is 0.350 e. The van der Waals surface area contributed by atoms with Crippen LogP contribution in [0.4, 0.5) is 8.78 Å². The molecule has 0 atom stereocenters. The second-order valence-electron chi connectivity index (χ2n) is 4.07. The molecule has 0 aromatic carbocycles. The SMILES string of the molecule is CC1(C(=O)O)CCN(S(=O)(=O)C(F)F)CC1. The summed E-state index contributed by atoms with van der Waals surface area (Å²) in [4.78, 5) is 10.9. The van der Waals surface area contributed by atoms with E-state index in [1.54, 1.807) is 0 Å². The van der Waals surface area contributed by atoms with Gasteiger partial charge in [-0.15, -0.1) is 0 Å². The van der Waals surface area contributed by atoms with Crippen LogP contribution in [0.1, 0.15) is 19.8 Å². The zero-order valence-electron chi connectivity index (χ0n) is 8.69. The fourth-order valence-electron chi connectivity index (χ4n) is 1.56. The monoisotopic (exact) mass is 257 g/mol. The van der Waals surface area contributed by atoms with Crippen molar-refractivity contribution < 1.29 is 27.1 Å². The van der Waals surface area contributed by atoms with Gasteiger partial charge in [-0.3, -0.25) is 4.79 Å². The highest BCUT2D eigenvalue weighted by Gasteiger charge is 2.42. The lowest BCUT2D eigenvalue weighted by Gasteiger charge is -2.35. The number of aliphatic carboxylic acids is 1. The van der Waals surface area contributed by atoms with Crippen LogP contribution < -0.4 is 0 Å². The molecule has 94 valence electrons. The maximum atomic E-state index is 12.2. The van der Waals surface area contributed by atoms with E-state index in [2.05, 4.69) is 0 Å². The normalized spacial score (nSPS) is 22.2. The zero-order valence-corrected chi connectivity index (χ0v) is 9.51. The molecule has 1 aliphatic rings. The van der Waals surface area contributed by atoms with Crippen molar-refractivity contribution in [3.63, 3.8) is 0 Å². The molecule has 1 rings (SSSR count). The summed E-state index contributed by atoms with van der Waals surface area (Å²) < 4.78 is 47.2. The first-order valence-electron chi connectivity index (χ1n) is 4.71. The maximum Gasteiger partial charge on any atom is 0.350 e. The highest BCUT2D eigenvalue weighted by atomic mass is 32.2. The first kappa shape index (κ1) is 13.3. The first-order chi connectivity index (χ1) is 7.20. The Kier molecular flexibility index (Phi) is 3.53. The lowest BCUT2D eigenvalue weighted by atomic mass is 9.81. The van der Waals surface area contributed by atoms with Gasteiger partial charge in [0.15, 0.2) is 0 Å². The van der Waals surface area contributed by atoms with E-state index < -0.39 is 27.2 Å². The molecule has 0 saturated carbocycles. The van der Waals surface area contributed by atoms with Crippen LogP contribution >= 0.6 is 0 Å². The molecule has 0 aromatic heterocycles. The number of rotatable bonds is 3. The van der Waals surface area contributed by atoms with Gasteiger partial charge in [0, 0.05) is 13.1 Å². The summed E-state index contributed by atoms with van der Waals surface area (Å²) in [6, 6.07) is 0. The molecule has 5 nitrogen and oxygen atoms in total. The van der Waals surface area contributed by atoms with Gasteiger partial charge in [0.2, 0.25) is 0 Å². The molecule has 0 aliphatic carbocycles. The standard InChI is InChI=1S/C8H13F2NO4S/c1-8(6(12)13)2-4-11(5-3-8)16(14,15)7(9)10/h7H,2-5H2,1H3,(H,12,13). The summed E-state index contributed by atoms with van der Waals surface area (Å²) in [5, 5.41) is 8.88. The average Bonchev–Trinajstić information content (AvgIpc) is 2.18. The van der Waals surface area contributed by atoms with Crippen LogP contribution in [0.2, 0.25) is 0 Å². The van der Waals surface area contributed by atoms with Gasteiger partial charge in [-0.1, -0.05) is 0 Å². The van der Waals surface area contributed by atoms with E-state index >= 15 is 0 Å². The third-order valence-electron chi connectivity index (χ3n) is 2.93. The van der Waals surface area contributed by atoms with Gasteiger partial charge < -0.3 is 5.11 Å². The van der Waals surface area contributed by atoms with Crippen molar-refractivity contribution in [1.29, 1.82) is 0 Å². The van der Waals surface area contributed by atoms with E-state index in [0.717, 1.165) is 0 Å². The third kappa shape index (κ3) is 2.32. The van der Waals surface area contributed by atoms with Crippen molar-refractivity contribution in [3.8, 4) is 0 Å². The summed E-state index contributed by atoms with van der Waals surface area (Å²) in [5.74, 6) is -4.47. The molecular formula is C8H13F2NO4S. The van der Waals surface area contributed by atoms with Gasteiger partial charge in [-0.05, 0) is 19.8 Å². The van der Waals surface area contributed by atoms with Gasteiger partial charge >= 0.3 is 11.7 Å².